The van der Waals surface area contributed by atoms with Gasteiger partial charge in [0.1, 0.15) is 0 Å². The van der Waals surface area contributed by atoms with E-state index in [4.69, 9.17) is 12.2 Å². The Labute approximate surface area is 107 Å². The van der Waals surface area contributed by atoms with E-state index in [1.807, 2.05) is 0 Å². The monoisotopic (exact) mass is 271 g/mol. The summed E-state index contributed by atoms with van der Waals surface area (Å²) in [5, 5.41) is 15.5. The van der Waals surface area contributed by atoms with Gasteiger partial charge in [-0.3, -0.25) is 14.9 Å². The lowest BCUT2D eigenvalue weighted by molar-refractivity contribution is -0.387. The van der Waals surface area contributed by atoms with Crippen molar-refractivity contribution in [3.8, 4) is 0 Å². The predicted molar refractivity (Wildman–Crippen MR) is 67.8 cm³/mol. The minimum atomic E-state index is -0.923. The summed E-state index contributed by atoms with van der Waals surface area (Å²) >= 11 is 4.81. The van der Waals surface area contributed by atoms with Crippen LogP contribution in [0.25, 0.3) is 0 Å². The molecule has 1 aromatic rings. The van der Waals surface area contributed by atoms with Gasteiger partial charge in [0.25, 0.3) is 0 Å². The van der Waals surface area contributed by atoms with E-state index in [1.54, 1.807) is 6.92 Å². The lowest BCUT2D eigenvalue weighted by Gasteiger charge is -2.10. The van der Waals surface area contributed by atoms with Crippen LogP contribution in [0.1, 0.15) is 12.5 Å². The molecule has 96 valence electrons. The summed E-state index contributed by atoms with van der Waals surface area (Å²) in [5.74, 6) is -1.30. The molecule has 1 rings (SSSR count). The number of benzene rings is 1. The van der Waals surface area contributed by atoms with Gasteiger partial charge in [-0.2, -0.15) is 4.39 Å². The molecular weight excluding hydrogens is 261 g/mol. The molecule has 6 nitrogen and oxygen atoms in total. The molecule has 0 fully saturated rings. The van der Waals surface area contributed by atoms with Gasteiger partial charge in [-0.25, -0.2) is 0 Å². The highest BCUT2D eigenvalue weighted by atomic mass is 32.1. The van der Waals surface area contributed by atoms with Crippen molar-refractivity contribution in [2.75, 3.05) is 5.32 Å². The summed E-state index contributed by atoms with van der Waals surface area (Å²) in [6.45, 7) is 2.83. The Morgan fingerprint density at radius 3 is 2.61 bits per heavy atom. The first-order chi connectivity index (χ1) is 8.31. The Morgan fingerprint density at radius 1 is 1.50 bits per heavy atom. The largest absolute Gasteiger partial charge is 0.332 e. The van der Waals surface area contributed by atoms with E-state index in [0.29, 0.717) is 5.56 Å². The SMILES string of the molecule is CC(=O)NC(=S)Nc1cc([N+](=O)[O-])c(F)cc1C. The van der Waals surface area contributed by atoms with Crippen LogP contribution in [0.4, 0.5) is 15.8 Å². The minimum Gasteiger partial charge on any atom is -0.332 e. The van der Waals surface area contributed by atoms with E-state index in [9.17, 15) is 19.3 Å². The number of carbonyl (C=O) groups is 1. The maximum Gasteiger partial charge on any atom is 0.306 e. The Morgan fingerprint density at radius 2 is 2.11 bits per heavy atom. The average molecular weight is 271 g/mol. The Bertz CT molecular complexity index is 533. The second-order valence-corrected chi connectivity index (χ2v) is 3.92. The number of thiocarbonyl (C=S) groups is 1. The quantitative estimate of drug-likeness (QED) is 0.487. The van der Waals surface area contributed by atoms with Gasteiger partial charge in [0.05, 0.1) is 10.6 Å². The molecular formula is C10H10FN3O3S. The molecule has 0 bridgehead atoms. The molecule has 0 radical (unpaired) electrons. The van der Waals surface area contributed by atoms with Crippen LogP contribution in [0, 0.1) is 22.9 Å². The zero-order valence-corrected chi connectivity index (χ0v) is 10.4. The highest BCUT2D eigenvalue weighted by molar-refractivity contribution is 7.80. The first-order valence-electron chi connectivity index (χ1n) is 4.84. The van der Waals surface area contributed by atoms with Crippen molar-refractivity contribution in [2.24, 2.45) is 0 Å². The number of aryl methyl sites for hydroxylation is 1. The van der Waals surface area contributed by atoms with Crippen molar-refractivity contribution >= 4 is 34.6 Å². The molecule has 1 amide bonds. The maximum atomic E-state index is 13.3. The number of anilines is 1. The van der Waals surface area contributed by atoms with Gasteiger partial charge >= 0.3 is 5.69 Å². The third kappa shape index (κ3) is 3.45. The lowest BCUT2D eigenvalue weighted by Crippen LogP contribution is -2.32. The van der Waals surface area contributed by atoms with Crippen LogP contribution < -0.4 is 10.6 Å². The zero-order chi connectivity index (χ0) is 13.9. The molecule has 0 aliphatic carbocycles. The van der Waals surface area contributed by atoms with Gasteiger partial charge in [-0.05, 0) is 30.8 Å². The number of rotatable bonds is 2. The molecule has 0 unspecified atom stereocenters. The lowest BCUT2D eigenvalue weighted by atomic mass is 10.1. The fourth-order valence-corrected chi connectivity index (χ4v) is 1.50. The second-order valence-electron chi connectivity index (χ2n) is 3.51. The third-order valence-corrected chi connectivity index (χ3v) is 2.23. The fourth-order valence-electron chi connectivity index (χ4n) is 1.25. The van der Waals surface area contributed by atoms with Crippen molar-refractivity contribution in [3.63, 3.8) is 0 Å². The van der Waals surface area contributed by atoms with Crippen LogP contribution in [-0.2, 0) is 4.79 Å². The van der Waals surface area contributed by atoms with Crippen LogP contribution in [0.2, 0.25) is 0 Å². The third-order valence-electron chi connectivity index (χ3n) is 2.03. The van der Waals surface area contributed by atoms with E-state index in [0.717, 1.165) is 12.1 Å². The second kappa shape index (κ2) is 5.50. The van der Waals surface area contributed by atoms with Crippen LogP contribution in [0.3, 0.4) is 0 Å². The number of hydrogen-bond acceptors (Lipinski definition) is 4. The normalized spacial score (nSPS) is 9.72. The summed E-state index contributed by atoms with van der Waals surface area (Å²) in [5.41, 5.74) is 0.0429. The Hall–Kier alpha value is -2.09. The van der Waals surface area contributed by atoms with Gasteiger partial charge in [0, 0.05) is 13.0 Å². The molecule has 0 aromatic heterocycles. The van der Waals surface area contributed by atoms with E-state index >= 15 is 0 Å². The highest BCUT2D eigenvalue weighted by Gasteiger charge is 2.17. The van der Waals surface area contributed by atoms with Crippen molar-refractivity contribution < 1.29 is 14.1 Å². The van der Waals surface area contributed by atoms with E-state index in [2.05, 4.69) is 10.6 Å². The smallest absolute Gasteiger partial charge is 0.306 e. The number of nitro groups is 1. The molecule has 0 saturated carbocycles. The van der Waals surface area contributed by atoms with Crippen molar-refractivity contribution in [2.45, 2.75) is 13.8 Å². The number of carbonyl (C=O) groups excluding carboxylic acids is 1. The first kappa shape index (κ1) is 14.0. The molecule has 0 aliphatic rings. The summed E-state index contributed by atoms with van der Waals surface area (Å²) in [4.78, 5) is 20.5. The van der Waals surface area contributed by atoms with Crippen molar-refractivity contribution in [1.82, 2.24) is 5.32 Å². The summed E-state index contributed by atoms with van der Waals surface area (Å²) in [6.07, 6.45) is 0. The summed E-state index contributed by atoms with van der Waals surface area (Å²) in [7, 11) is 0. The van der Waals surface area contributed by atoms with Crippen LogP contribution in [-0.4, -0.2) is 15.9 Å². The van der Waals surface area contributed by atoms with E-state index < -0.39 is 16.4 Å². The fraction of sp³-hybridized carbons (Fsp3) is 0.200. The number of hydrogen-bond donors (Lipinski definition) is 2. The molecule has 0 heterocycles. The number of nitrogens with one attached hydrogen (secondary N) is 2. The van der Waals surface area contributed by atoms with Gasteiger partial charge in [-0.15, -0.1) is 0 Å². The summed E-state index contributed by atoms with van der Waals surface area (Å²) in [6, 6.07) is 2.05. The van der Waals surface area contributed by atoms with Gasteiger partial charge < -0.3 is 10.6 Å². The molecule has 1 aromatic carbocycles. The zero-order valence-electron chi connectivity index (χ0n) is 9.61. The van der Waals surface area contributed by atoms with E-state index in [1.165, 1.54) is 6.92 Å². The Balaban J connectivity index is 3.02. The molecule has 8 heteroatoms. The van der Waals surface area contributed by atoms with Crippen LogP contribution in [0.15, 0.2) is 12.1 Å². The van der Waals surface area contributed by atoms with Gasteiger partial charge in [-0.1, -0.05) is 0 Å². The van der Waals surface area contributed by atoms with E-state index in [-0.39, 0.29) is 16.7 Å². The molecule has 0 spiro atoms. The average Bonchev–Trinajstić information content (AvgIpc) is 2.20. The Kier molecular flexibility index (Phi) is 4.27. The standard InChI is InChI=1S/C10H10FN3O3S/c1-5-3-7(11)9(14(16)17)4-8(5)13-10(18)12-6(2)15/h3-4H,1-2H3,(H2,12,13,15,18). The molecule has 0 saturated heterocycles. The highest BCUT2D eigenvalue weighted by Crippen LogP contribution is 2.25. The molecule has 2 N–H and O–H groups in total. The topological polar surface area (TPSA) is 84.3 Å². The molecule has 0 atom stereocenters. The van der Waals surface area contributed by atoms with Crippen LogP contribution >= 0.6 is 12.2 Å². The number of nitro benzene ring substituents is 1. The molecule has 18 heavy (non-hydrogen) atoms. The predicted octanol–water partition coefficient (Wildman–Crippen LogP) is 1.88. The summed E-state index contributed by atoms with van der Waals surface area (Å²) < 4.78 is 13.3. The van der Waals surface area contributed by atoms with Crippen molar-refractivity contribution in [3.05, 3.63) is 33.6 Å². The maximum absolute atomic E-state index is 13.3. The molecule has 0 aliphatic heterocycles. The van der Waals surface area contributed by atoms with Crippen LogP contribution in [0.5, 0.6) is 0 Å². The minimum absolute atomic E-state index is 0.00786. The first-order valence-corrected chi connectivity index (χ1v) is 5.25. The number of halogens is 1. The number of nitrogens with zero attached hydrogens (tertiary/aromatic N) is 1. The van der Waals surface area contributed by atoms with Crippen molar-refractivity contribution in [1.29, 1.82) is 0 Å². The van der Waals surface area contributed by atoms with Gasteiger partial charge in [0.15, 0.2) is 5.11 Å². The number of amides is 1. The van der Waals surface area contributed by atoms with Gasteiger partial charge in [0.2, 0.25) is 11.7 Å².